The molecule has 3 heteroatoms. The van der Waals surface area contributed by atoms with Gasteiger partial charge in [-0.15, -0.1) is 0 Å². The van der Waals surface area contributed by atoms with E-state index in [0.29, 0.717) is 5.57 Å². The number of carbonyl (C=O) groups is 1. The highest BCUT2D eigenvalue weighted by atomic mass is 16.4. The van der Waals surface area contributed by atoms with Crippen molar-refractivity contribution in [1.29, 1.82) is 0 Å². The van der Waals surface area contributed by atoms with Gasteiger partial charge >= 0.3 is 5.97 Å². The van der Waals surface area contributed by atoms with Crippen molar-refractivity contribution in [3.8, 4) is 0 Å². The summed E-state index contributed by atoms with van der Waals surface area (Å²) in [5.41, 5.74) is 2.31. The van der Waals surface area contributed by atoms with Crippen molar-refractivity contribution >= 4 is 12.7 Å². The van der Waals surface area contributed by atoms with Crippen LogP contribution >= 0.6 is 0 Å². The lowest BCUT2D eigenvalue weighted by Crippen LogP contribution is -2.38. The molecule has 102 valence electrons. The molecule has 2 aliphatic rings. The van der Waals surface area contributed by atoms with Crippen LogP contribution in [-0.4, -0.2) is 23.8 Å². The lowest BCUT2D eigenvalue weighted by atomic mass is 9.66. The molecule has 19 heavy (non-hydrogen) atoms. The molecule has 2 aliphatic carbocycles. The fourth-order valence-electron chi connectivity index (χ4n) is 3.30. The second-order valence-electron chi connectivity index (χ2n) is 5.64. The Hall–Kier alpha value is -1.64. The smallest absolute Gasteiger partial charge is 0.333 e. The van der Waals surface area contributed by atoms with Crippen LogP contribution in [0.15, 0.2) is 39.9 Å². The van der Waals surface area contributed by atoms with Gasteiger partial charge in [-0.2, -0.15) is 0 Å². The molecule has 0 spiro atoms. The van der Waals surface area contributed by atoms with Gasteiger partial charge in [0.1, 0.15) is 0 Å². The molecule has 0 radical (unpaired) electrons. The van der Waals surface area contributed by atoms with Crippen LogP contribution < -0.4 is 0 Å². The molecule has 2 unspecified atom stereocenters. The lowest BCUT2D eigenvalue weighted by Gasteiger charge is -2.39. The molecule has 0 aromatic heterocycles. The molecule has 0 heterocycles. The van der Waals surface area contributed by atoms with Gasteiger partial charge in [-0.25, -0.2) is 4.79 Å². The fraction of sp³-hybridized carbons (Fsp3) is 0.500. The van der Waals surface area contributed by atoms with E-state index in [1.54, 1.807) is 6.08 Å². The zero-order valence-electron chi connectivity index (χ0n) is 11.6. The largest absolute Gasteiger partial charge is 0.478 e. The predicted octanol–water partition coefficient (Wildman–Crippen LogP) is 3.53. The van der Waals surface area contributed by atoms with Crippen molar-refractivity contribution in [2.45, 2.75) is 45.6 Å². The number of nitrogens with zero attached hydrogens (tertiary/aromatic N) is 1. The lowest BCUT2D eigenvalue weighted by molar-refractivity contribution is -0.133. The molecule has 0 saturated heterocycles. The Morgan fingerprint density at radius 3 is 2.79 bits per heavy atom. The Morgan fingerprint density at radius 1 is 1.53 bits per heavy atom. The third kappa shape index (κ3) is 2.42. The SMILES string of the molecule is C=NC1C(C(=O)O)=CC(C)=CC1(C)C1=CCCCC1. The van der Waals surface area contributed by atoms with E-state index in [2.05, 4.69) is 30.8 Å². The zero-order valence-corrected chi connectivity index (χ0v) is 11.6. The maximum atomic E-state index is 11.4. The molecule has 0 fully saturated rings. The van der Waals surface area contributed by atoms with E-state index in [1.165, 1.54) is 18.4 Å². The Balaban J connectivity index is 2.49. The maximum Gasteiger partial charge on any atom is 0.333 e. The van der Waals surface area contributed by atoms with E-state index in [4.69, 9.17) is 0 Å². The summed E-state index contributed by atoms with van der Waals surface area (Å²) in [6.07, 6.45) is 10.6. The quantitative estimate of drug-likeness (QED) is 0.622. The Kier molecular flexibility index (Phi) is 3.74. The molecular weight excluding hydrogens is 238 g/mol. The third-order valence-electron chi connectivity index (χ3n) is 4.19. The number of aliphatic carboxylic acids is 1. The van der Waals surface area contributed by atoms with Crippen LogP contribution in [0.1, 0.15) is 39.5 Å². The monoisotopic (exact) mass is 259 g/mol. The number of hydrogen-bond acceptors (Lipinski definition) is 2. The molecule has 0 aliphatic heterocycles. The zero-order chi connectivity index (χ0) is 14.0. The molecule has 2 atom stereocenters. The maximum absolute atomic E-state index is 11.4. The highest BCUT2D eigenvalue weighted by Gasteiger charge is 2.41. The highest BCUT2D eigenvalue weighted by Crippen LogP contribution is 2.45. The fourth-order valence-corrected chi connectivity index (χ4v) is 3.30. The second kappa shape index (κ2) is 5.16. The summed E-state index contributed by atoms with van der Waals surface area (Å²) in [6.45, 7) is 7.66. The van der Waals surface area contributed by atoms with Crippen molar-refractivity contribution in [1.82, 2.24) is 0 Å². The van der Waals surface area contributed by atoms with Crippen LogP contribution in [0.3, 0.4) is 0 Å². The molecule has 0 saturated carbocycles. The van der Waals surface area contributed by atoms with Gasteiger partial charge in [-0.05, 0) is 52.3 Å². The Bertz CT molecular complexity index is 499. The summed E-state index contributed by atoms with van der Waals surface area (Å²) in [6, 6.07) is -0.391. The molecule has 0 amide bonds. The average Bonchev–Trinajstić information content (AvgIpc) is 2.39. The molecule has 1 N–H and O–H groups in total. The van der Waals surface area contributed by atoms with Gasteiger partial charge in [0, 0.05) is 5.41 Å². The van der Waals surface area contributed by atoms with Crippen molar-refractivity contribution in [3.05, 3.63) is 34.9 Å². The molecular formula is C16H21NO2. The van der Waals surface area contributed by atoms with Crippen molar-refractivity contribution in [3.63, 3.8) is 0 Å². The van der Waals surface area contributed by atoms with Gasteiger partial charge in [0.25, 0.3) is 0 Å². The molecule has 0 bridgehead atoms. The summed E-state index contributed by atoms with van der Waals surface area (Å²) in [5.74, 6) is -0.896. The van der Waals surface area contributed by atoms with Crippen LogP contribution in [0.2, 0.25) is 0 Å². The van der Waals surface area contributed by atoms with Gasteiger partial charge in [-0.3, -0.25) is 4.99 Å². The van der Waals surface area contributed by atoms with E-state index in [1.807, 2.05) is 6.92 Å². The minimum absolute atomic E-state index is 0.339. The van der Waals surface area contributed by atoms with E-state index >= 15 is 0 Å². The average molecular weight is 259 g/mol. The molecule has 0 aromatic carbocycles. The number of aliphatic imine (C=N–C) groups is 1. The minimum Gasteiger partial charge on any atom is -0.478 e. The van der Waals surface area contributed by atoms with Gasteiger partial charge in [-0.1, -0.05) is 23.3 Å². The summed E-state index contributed by atoms with van der Waals surface area (Å²) >= 11 is 0. The Labute approximate surface area is 114 Å². The first-order chi connectivity index (χ1) is 8.99. The van der Waals surface area contributed by atoms with E-state index in [9.17, 15) is 9.90 Å². The molecule has 0 aromatic rings. The van der Waals surface area contributed by atoms with Crippen LogP contribution in [0.4, 0.5) is 0 Å². The normalized spacial score (nSPS) is 31.1. The number of carboxylic acids is 1. The minimum atomic E-state index is -0.896. The Morgan fingerprint density at radius 2 is 2.26 bits per heavy atom. The number of hydrogen-bond donors (Lipinski definition) is 1. The summed E-state index contributed by atoms with van der Waals surface area (Å²) in [7, 11) is 0. The third-order valence-corrected chi connectivity index (χ3v) is 4.19. The molecule has 3 nitrogen and oxygen atoms in total. The van der Waals surface area contributed by atoms with Crippen LogP contribution in [0.25, 0.3) is 0 Å². The number of rotatable bonds is 3. The standard InChI is InChI=1S/C16H21NO2/c1-11-9-13(15(18)19)14(17-3)16(2,10-11)12-7-5-4-6-8-12/h7,9-10,14H,3-6,8H2,1-2H3,(H,18,19). The van der Waals surface area contributed by atoms with Gasteiger partial charge in [0.2, 0.25) is 0 Å². The summed E-state index contributed by atoms with van der Waals surface area (Å²) in [5, 5.41) is 9.39. The van der Waals surface area contributed by atoms with Crippen LogP contribution in [-0.2, 0) is 4.79 Å². The predicted molar refractivity (Wildman–Crippen MR) is 77.5 cm³/mol. The first-order valence-corrected chi connectivity index (χ1v) is 6.78. The van der Waals surface area contributed by atoms with E-state index < -0.39 is 12.0 Å². The van der Waals surface area contributed by atoms with Crippen molar-refractivity contribution in [2.75, 3.05) is 0 Å². The van der Waals surface area contributed by atoms with Gasteiger partial charge < -0.3 is 5.11 Å². The summed E-state index contributed by atoms with van der Waals surface area (Å²) in [4.78, 5) is 15.6. The van der Waals surface area contributed by atoms with Crippen LogP contribution in [0.5, 0.6) is 0 Å². The second-order valence-corrected chi connectivity index (χ2v) is 5.64. The highest BCUT2D eigenvalue weighted by molar-refractivity contribution is 5.90. The topological polar surface area (TPSA) is 49.7 Å². The van der Waals surface area contributed by atoms with Gasteiger partial charge in [0.05, 0.1) is 11.6 Å². The van der Waals surface area contributed by atoms with Crippen LogP contribution in [0, 0.1) is 5.41 Å². The summed E-state index contributed by atoms with van der Waals surface area (Å²) < 4.78 is 0. The number of allylic oxidation sites excluding steroid dienone is 3. The van der Waals surface area contributed by atoms with Crippen molar-refractivity contribution in [2.24, 2.45) is 10.4 Å². The van der Waals surface area contributed by atoms with E-state index in [-0.39, 0.29) is 5.41 Å². The van der Waals surface area contributed by atoms with Crippen molar-refractivity contribution < 1.29 is 9.90 Å². The van der Waals surface area contributed by atoms with Gasteiger partial charge in [0.15, 0.2) is 0 Å². The first-order valence-electron chi connectivity index (χ1n) is 6.78. The molecule has 2 rings (SSSR count). The number of carboxylic acid groups (broad SMARTS) is 1. The van der Waals surface area contributed by atoms with E-state index in [0.717, 1.165) is 18.4 Å². The first kappa shape index (κ1) is 13.8.